The Morgan fingerprint density at radius 2 is 1.71 bits per heavy atom. The molecule has 6 rings (SSSR count). The summed E-state index contributed by atoms with van der Waals surface area (Å²) in [4.78, 5) is 34.5. The zero-order valence-electron chi connectivity index (χ0n) is 23.0. The first-order valence-electron chi connectivity index (χ1n) is 14.4. The average Bonchev–Trinajstić information content (AvgIpc) is 3.48. The first kappa shape index (κ1) is 26.0. The number of fused-ring (bicyclic) bond motifs is 1. The van der Waals surface area contributed by atoms with E-state index < -0.39 is 0 Å². The molecule has 4 fully saturated rings. The number of thiophene rings is 1. The van der Waals surface area contributed by atoms with Crippen LogP contribution >= 0.6 is 11.3 Å². The normalized spacial score (nSPS) is 27.9. The topological polar surface area (TPSA) is 53.1 Å². The molecule has 2 aromatic rings. The number of piperidine rings is 1. The van der Waals surface area contributed by atoms with Crippen molar-refractivity contribution in [2.75, 3.05) is 45.9 Å². The molecule has 1 aliphatic carbocycles. The molecule has 204 valence electrons. The SMILES string of the molecule is CC(C)(C)c1ccc(C(=O)N2CC3C(C2)C3CN(C(=O)c2cccs2)C2CCN(C3CCOCC3)C2)cc1. The second-order valence-electron chi connectivity index (χ2n) is 12.7. The highest BCUT2D eigenvalue weighted by Crippen LogP contribution is 2.52. The number of benzene rings is 1. The highest BCUT2D eigenvalue weighted by atomic mass is 32.1. The number of carbonyl (C=O) groups excluding carboxylic acids is 2. The maximum atomic E-state index is 13.6. The van der Waals surface area contributed by atoms with Crippen LogP contribution in [0.5, 0.6) is 0 Å². The summed E-state index contributed by atoms with van der Waals surface area (Å²) in [6.07, 6.45) is 3.24. The number of nitrogens with zero attached hydrogens (tertiary/aromatic N) is 3. The van der Waals surface area contributed by atoms with E-state index in [0.717, 1.165) is 75.6 Å². The molecule has 38 heavy (non-hydrogen) atoms. The summed E-state index contributed by atoms with van der Waals surface area (Å²) >= 11 is 1.55. The Balaban J connectivity index is 1.09. The van der Waals surface area contributed by atoms with Crippen molar-refractivity contribution in [1.82, 2.24) is 14.7 Å². The lowest BCUT2D eigenvalue weighted by atomic mass is 9.86. The van der Waals surface area contributed by atoms with Crippen molar-refractivity contribution < 1.29 is 14.3 Å². The van der Waals surface area contributed by atoms with E-state index in [4.69, 9.17) is 4.74 Å². The van der Waals surface area contributed by atoms with Gasteiger partial charge in [0.15, 0.2) is 0 Å². The molecule has 3 unspecified atom stereocenters. The molecule has 0 bridgehead atoms. The van der Waals surface area contributed by atoms with Crippen molar-refractivity contribution in [3.8, 4) is 0 Å². The fraction of sp³-hybridized carbons (Fsp3) is 0.613. The quantitative estimate of drug-likeness (QED) is 0.535. The number of ether oxygens (including phenoxy) is 1. The largest absolute Gasteiger partial charge is 0.381 e. The third-order valence-electron chi connectivity index (χ3n) is 9.40. The first-order chi connectivity index (χ1) is 18.3. The van der Waals surface area contributed by atoms with Gasteiger partial charge in [-0.25, -0.2) is 0 Å². The van der Waals surface area contributed by atoms with Crippen molar-refractivity contribution in [3.63, 3.8) is 0 Å². The van der Waals surface area contributed by atoms with Crippen LogP contribution < -0.4 is 0 Å². The van der Waals surface area contributed by atoms with Crippen molar-refractivity contribution in [2.24, 2.45) is 17.8 Å². The lowest BCUT2D eigenvalue weighted by Gasteiger charge is -2.33. The van der Waals surface area contributed by atoms with Crippen LogP contribution in [0.15, 0.2) is 41.8 Å². The first-order valence-corrected chi connectivity index (χ1v) is 15.2. The second-order valence-corrected chi connectivity index (χ2v) is 13.7. The molecule has 7 heteroatoms. The number of rotatable bonds is 6. The van der Waals surface area contributed by atoms with E-state index in [-0.39, 0.29) is 23.3 Å². The molecule has 0 spiro atoms. The van der Waals surface area contributed by atoms with Gasteiger partial charge in [-0.15, -0.1) is 11.3 Å². The number of carbonyl (C=O) groups is 2. The fourth-order valence-corrected chi connectivity index (χ4v) is 7.63. The fourth-order valence-electron chi connectivity index (χ4n) is 6.95. The summed E-state index contributed by atoms with van der Waals surface area (Å²) < 4.78 is 5.58. The monoisotopic (exact) mass is 535 g/mol. The number of hydrogen-bond acceptors (Lipinski definition) is 5. The summed E-state index contributed by atoms with van der Waals surface area (Å²) in [7, 11) is 0. The third-order valence-corrected chi connectivity index (χ3v) is 10.3. The molecule has 6 nitrogen and oxygen atoms in total. The van der Waals surface area contributed by atoms with Gasteiger partial charge in [0.2, 0.25) is 0 Å². The van der Waals surface area contributed by atoms with E-state index in [1.807, 2.05) is 34.5 Å². The molecule has 4 heterocycles. The molecule has 0 radical (unpaired) electrons. The molecule has 1 aromatic heterocycles. The Kier molecular flexibility index (Phi) is 7.12. The number of likely N-dealkylation sites (tertiary alicyclic amines) is 2. The second kappa shape index (κ2) is 10.4. The smallest absolute Gasteiger partial charge is 0.264 e. The van der Waals surface area contributed by atoms with Gasteiger partial charge in [-0.2, -0.15) is 0 Å². The van der Waals surface area contributed by atoms with Crippen LogP contribution in [0.3, 0.4) is 0 Å². The van der Waals surface area contributed by atoms with Crippen LogP contribution in [0.4, 0.5) is 0 Å². The summed E-state index contributed by atoms with van der Waals surface area (Å²) in [5.41, 5.74) is 2.11. The predicted octanol–water partition coefficient (Wildman–Crippen LogP) is 4.76. The summed E-state index contributed by atoms with van der Waals surface area (Å²) in [5, 5.41) is 2.00. The Hall–Kier alpha value is -2.22. The van der Waals surface area contributed by atoms with Gasteiger partial charge in [-0.1, -0.05) is 39.0 Å². The van der Waals surface area contributed by atoms with Crippen LogP contribution in [0.25, 0.3) is 0 Å². The van der Waals surface area contributed by atoms with E-state index in [9.17, 15) is 9.59 Å². The van der Waals surface area contributed by atoms with Gasteiger partial charge in [-0.05, 0) is 71.6 Å². The summed E-state index contributed by atoms with van der Waals surface area (Å²) in [5.74, 6) is 1.86. The van der Waals surface area contributed by atoms with Crippen LogP contribution in [0, 0.1) is 17.8 Å². The van der Waals surface area contributed by atoms with Crippen LogP contribution in [-0.2, 0) is 10.2 Å². The molecule has 3 atom stereocenters. The van der Waals surface area contributed by atoms with Crippen LogP contribution in [0.1, 0.15) is 65.6 Å². The Bertz CT molecular complexity index is 1120. The van der Waals surface area contributed by atoms with E-state index >= 15 is 0 Å². The summed E-state index contributed by atoms with van der Waals surface area (Å²) in [6, 6.07) is 12.9. The molecular weight excluding hydrogens is 494 g/mol. The van der Waals surface area contributed by atoms with Crippen molar-refractivity contribution in [2.45, 2.75) is 57.5 Å². The lowest BCUT2D eigenvalue weighted by Crippen LogP contribution is -2.45. The molecule has 3 aliphatic heterocycles. The molecule has 4 aliphatic rings. The van der Waals surface area contributed by atoms with Gasteiger partial charge in [0.25, 0.3) is 11.8 Å². The predicted molar refractivity (Wildman–Crippen MR) is 151 cm³/mol. The van der Waals surface area contributed by atoms with E-state index in [2.05, 4.69) is 42.7 Å². The number of amides is 2. The van der Waals surface area contributed by atoms with Crippen molar-refractivity contribution >= 4 is 23.2 Å². The van der Waals surface area contributed by atoms with Crippen molar-refractivity contribution in [3.05, 3.63) is 57.8 Å². The molecule has 2 amide bonds. The minimum absolute atomic E-state index is 0.0810. The summed E-state index contributed by atoms with van der Waals surface area (Å²) in [6.45, 7) is 12.8. The Morgan fingerprint density at radius 1 is 1.00 bits per heavy atom. The van der Waals surface area contributed by atoms with Crippen molar-refractivity contribution in [1.29, 1.82) is 0 Å². The minimum Gasteiger partial charge on any atom is -0.381 e. The van der Waals surface area contributed by atoms with Crippen LogP contribution in [-0.4, -0.2) is 84.5 Å². The molecule has 1 saturated carbocycles. The average molecular weight is 536 g/mol. The van der Waals surface area contributed by atoms with E-state index in [1.54, 1.807) is 11.3 Å². The lowest BCUT2D eigenvalue weighted by molar-refractivity contribution is 0.0380. The third kappa shape index (κ3) is 5.17. The number of hydrogen-bond donors (Lipinski definition) is 0. The molecular formula is C31H41N3O3S. The zero-order chi connectivity index (χ0) is 26.4. The van der Waals surface area contributed by atoms with E-state index in [1.165, 1.54) is 5.56 Å². The van der Waals surface area contributed by atoms with Gasteiger partial charge in [0.05, 0.1) is 4.88 Å². The van der Waals surface area contributed by atoms with Crippen LogP contribution in [0.2, 0.25) is 0 Å². The van der Waals surface area contributed by atoms with Gasteiger partial charge >= 0.3 is 0 Å². The zero-order valence-corrected chi connectivity index (χ0v) is 23.8. The highest BCUT2D eigenvalue weighted by molar-refractivity contribution is 7.12. The molecule has 0 N–H and O–H groups in total. The van der Waals surface area contributed by atoms with Gasteiger partial charge in [-0.3, -0.25) is 14.5 Å². The standard InChI is InChI=1S/C31H41N3O3S/c1-31(2,3)22-8-6-21(7-9-22)29(35)33-18-25-26(19-33)27(25)20-34(30(36)28-5-4-16-38-28)24-10-13-32(17-24)23-11-14-37-15-12-23/h4-9,16,23-27H,10-15,17-20H2,1-3H3. The highest BCUT2D eigenvalue weighted by Gasteiger charge is 2.57. The Morgan fingerprint density at radius 3 is 2.34 bits per heavy atom. The van der Waals surface area contributed by atoms with Gasteiger partial charge in [0.1, 0.15) is 0 Å². The van der Waals surface area contributed by atoms with Gasteiger partial charge < -0.3 is 14.5 Å². The van der Waals surface area contributed by atoms with Gasteiger partial charge in [0, 0.05) is 63.6 Å². The minimum atomic E-state index is 0.0810. The molecule has 1 aromatic carbocycles. The Labute approximate surface area is 230 Å². The maximum absolute atomic E-state index is 13.6. The molecule has 3 saturated heterocycles. The maximum Gasteiger partial charge on any atom is 0.264 e. The van der Waals surface area contributed by atoms with E-state index in [0.29, 0.717) is 23.8 Å².